The summed E-state index contributed by atoms with van der Waals surface area (Å²) in [6, 6.07) is 9.15. The molecule has 4 rings (SSSR count). The van der Waals surface area contributed by atoms with E-state index < -0.39 is 0 Å². The minimum absolute atomic E-state index is 0.688. The Labute approximate surface area is 168 Å². The highest BCUT2D eigenvalue weighted by molar-refractivity contribution is 5.49. The fourth-order valence-electron chi connectivity index (χ4n) is 4.53. The van der Waals surface area contributed by atoms with Crippen LogP contribution in [0, 0.1) is 0 Å². The molecule has 3 heterocycles. The number of benzene rings is 1. The summed E-state index contributed by atoms with van der Waals surface area (Å²) in [6.45, 7) is 11.0. The van der Waals surface area contributed by atoms with E-state index in [-0.39, 0.29) is 0 Å². The van der Waals surface area contributed by atoms with Gasteiger partial charge in [0.15, 0.2) is 0 Å². The molecular weight excluding hydrogens is 350 g/mol. The van der Waals surface area contributed by atoms with Gasteiger partial charge in [0.05, 0.1) is 13.3 Å². The molecule has 2 aliphatic heterocycles. The molecule has 28 heavy (non-hydrogen) atoms. The number of nitrogens with zero attached hydrogens (tertiary/aromatic N) is 5. The molecule has 0 bridgehead atoms. The molecule has 0 N–H and O–H groups in total. The summed E-state index contributed by atoms with van der Waals surface area (Å²) < 4.78 is 7.30. The first-order valence-electron chi connectivity index (χ1n) is 10.6. The number of piperidine rings is 1. The maximum absolute atomic E-state index is 5.28. The molecule has 152 valence electrons. The number of hydrogen-bond acceptors (Lipinski definition) is 5. The zero-order valence-electron chi connectivity index (χ0n) is 17.3. The summed E-state index contributed by atoms with van der Waals surface area (Å²) in [6.07, 6.45) is 6.84. The van der Waals surface area contributed by atoms with Crippen LogP contribution >= 0.6 is 0 Å². The minimum Gasteiger partial charge on any atom is -0.497 e. The number of anilines is 1. The predicted octanol–water partition coefficient (Wildman–Crippen LogP) is 2.70. The zero-order chi connectivity index (χ0) is 19.3. The van der Waals surface area contributed by atoms with Crippen molar-refractivity contribution < 1.29 is 4.74 Å². The zero-order valence-corrected chi connectivity index (χ0v) is 17.3. The number of hydrogen-bond donors (Lipinski definition) is 0. The van der Waals surface area contributed by atoms with Gasteiger partial charge in [0.25, 0.3) is 0 Å². The molecule has 0 radical (unpaired) electrons. The van der Waals surface area contributed by atoms with Gasteiger partial charge < -0.3 is 9.64 Å². The highest BCUT2D eigenvalue weighted by Gasteiger charge is 2.28. The third-order valence-corrected chi connectivity index (χ3v) is 6.17. The van der Waals surface area contributed by atoms with E-state index in [0.29, 0.717) is 6.04 Å². The van der Waals surface area contributed by atoms with Crippen LogP contribution in [0.25, 0.3) is 0 Å². The molecule has 1 atom stereocenters. The smallest absolute Gasteiger partial charge is 0.119 e. The van der Waals surface area contributed by atoms with Crippen molar-refractivity contribution in [2.24, 2.45) is 0 Å². The summed E-state index contributed by atoms with van der Waals surface area (Å²) in [5.41, 5.74) is 2.64. The molecule has 0 spiro atoms. The molecule has 2 aromatic rings. The van der Waals surface area contributed by atoms with Gasteiger partial charge in [-0.2, -0.15) is 5.10 Å². The van der Waals surface area contributed by atoms with Crippen LogP contribution < -0.4 is 9.64 Å². The second-order valence-electron chi connectivity index (χ2n) is 7.96. The first-order chi connectivity index (χ1) is 13.7. The number of rotatable bonds is 6. The lowest BCUT2D eigenvalue weighted by molar-refractivity contribution is 0.0887. The Balaban J connectivity index is 1.28. The summed E-state index contributed by atoms with van der Waals surface area (Å²) in [5, 5.41) is 4.42. The summed E-state index contributed by atoms with van der Waals surface area (Å²) in [5.74, 6) is 0.925. The van der Waals surface area contributed by atoms with Gasteiger partial charge in [-0.25, -0.2) is 0 Å². The van der Waals surface area contributed by atoms with E-state index in [9.17, 15) is 0 Å². The van der Waals surface area contributed by atoms with Crippen molar-refractivity contribution in [3.05, 3.63) is 42.2 Å². The van der Waals surface area contributed by atoms with Crippen LogP contribution in [0.15, 0.2) is 36.7 Å². The number of ether oxygens (including phenoxy) is 1. The van der Waals surface area contributed by atoms with Crippen LogP contribution in [0.2, 0.25) is 0 Å². The Bertz CT molecular complexity index is 736. The van der Waals surface area contributed by atoms with Crippen molar-refractivity contribution >= 4 is 5.69 Å². The second-order valence-corrected chi connectivity index (χ2v) is 7.96. The maximum Gasteiger partial charge on any atom is 0.119 e. The van der Waals surface area contributed by atoms with E-state index >= 15 is 0 Å². The number of aryl methyl sites for hydroxylation is 1. The average molecular weight is 384 g/mol. The number of likely N-dealkylation sites (tertiary alicyclic amines) is 1. The highest BCUT2D eigenvalue weighted by Crippen LogP contribution is 2.23. The molecule has 6 heteroatoms. The fourth-order valence-corrected chi connectivity index (χ4v) is 4.53. The SMILES string of the molecule is CCn1cc(CN2CCC[C@H](N3CCN(c4ccc(OC)cc4)CC3)C2)cn1. The van der Waals surface area contributed by atoms with Crippen molar-refractivity contribution in [1.29, 1.82) is 0 Å². The van der Waals surface area contributed by atoms with Gasteiger partial charge in [0.1, 0.15) is 5.75 Å². The molecular formula is C22H33N5O. The normalized spacial score (nSPS) is 21.8. The van der Waals surface area contributed by atoms with E-state index in [0.717, 1.165) is 45.0 Å². The lowest BCUT2D eigenvalue weighted by Gasteiger charge is -2.44. The molecule has 2 fully saturated rings. The standard InChI is InChI=1S/C22H33N5O/c1-3-27-17-19(15-23-27)16-24-10-4-5-21(18-24)26-13-11-25(12-14-26)20-6-8-22(28-2)9-7-20/h6-9,15,17,21H,3-5,10-14,16,18H2,1-2H3/t21-/m0/s1. The lowest BCUT2D eigenvalue weighted by atomic mass is 10.0. The topological polar surface area (TPSA) is 36.8 Å². The van der Waals surface area contributed by atoms with Gasteiger partial charge in [0.2, 0.25) is 0 Å². The Kier molecular flexibility index (Phi) is 6.17. The third-order valence-electron chi connectivity index (χ3n) is 6.17. The van der Waals surface area contributed by atoms with Gasteiger partial charge in [0, 0.05) is 69.3 Å². The highest BCUT2D eigenvalue weighted by atomic mass is 16.5. The van der Waals surface area contributed by atoms with E-state index in [2.05, 4.69) is 57.2 Å². The average Bonchev–Trinajstić information content (AvgIpc) is 3.22. The van der Waals surface area contributed by atoms with Crippen LogP contribution in [0.3, 0.4) is 0 Å². The van der Waals surface area contributed by atoms with E-state index in [1.54, 1.807) is 7.11 Å². The van der Waals surface area contributed by atoms with Gasteiger partial charge >= 0.3 is 0 Å². The Morgan fingerprint density at radius 1 is 1.07 bits per heavy atom. The summed E-state index contributed by atoms with van der Waals surface area (Å²) in [4.78, 5) is 7.82. The molecule has 0 unspecified atom stereocenters. The number of methoxy groups -OCH3 is 1. The molecule has 0 amide bonds. The number of piperazine rings is 1. The third kappa shape index (κ3) is 4.50. The van der Waals surface area contributed by atoms with Crippen LogP contribution in [-0.2, 0) is 13.1 Å². The fraction of sp³-hybridized carbons (Fsp3) is 0.591. The van der Waals surface area contributed by atoms with Crippen molar-refractivity contribution in [2.75, 3.05) is 51.3 Å². The first kappa shape index (κ1) is 19.3. The quantitative estimate of drug-likeness (QED) is 0.767. The van der Waals surface area contributed by atoms with Crippen LogP contribution in [0.5, 0.6) is 5.75 Å². The summed E-state index contributed by atoms with van der Waals surface area (Å²) in [7, 11) is 1.72. The van der Waals surface area contributed by atoms with Gasteiger partial charge in [-0.05, 0) is 50.6 Å². The molecule has 2 aliphatic rings. The molecule has 0 saturated carbocycles. The summed E-state index contributed by atoms with van der Waals surface area (Å²) >= 11 is 0. The Morgan fingerprint density at radius 2 is 1.86 bits per heavy atom. The monoisotopic (exact) mass is 383 g/mol. The molecule has 2 saturated heterocycles. The maximum atomic E-state index is 5.28. The van der Waals surface area contributed by atoms with Gasteiger partial charge in [-0.3, -0.25) is 14.5 Å². The van der Waals surface area contributed by atoms with Crippen molar-refractivity contribution in [3.8, 4) is 5.75 Å². The molecule has 1 aromatic carbocycles. The minimum atomic E-state index is 0.688. The van der Waals surface area contributed by atoms with Crippen molar-refractivity contribution in [2.45, 2.75) is 38.9 Å². The van der Waals surface area contributed by atoms with Crippen molar-refractivity contribution in [1.82, 2.24) is 19.6 Å². The Hall–Kier alpha value is -2.05. The first-order valence-corrected chi connectivity index (χ1v) is 10.6. The van der Waals surface area contributed by atoms with E-state index in [1.807, 2.05) is 10.9 Å². The second kappa shape index (κ2) is 8.97. The number of aromatic nitrogens is 2. The van der Waals surface area contributed by atoms with Crippen LogP contribution in [0.4, 0.5) is 5.69 Å². The van der Waals surface area contributed by atoms with Gasteiger partial charge in [-0.15, -0.1) is 0 Å². The predicted molar refractivity (Wildman–Crippen MR) is 113 cm³/mol. The Morgan fingerprint density at radius 3 is 2.54 bits per heavy atom. The molecule has 1 aromatic heterocycles. The van der Waals surface area contributed by atoms with E-state index in [4.69, 9.17) is 4.74 Å². The largest absolute Gasteiger partial charge is 0.497 e. The molecule has 6 nitrogen and oxygen atoms in total. The van der Waals surface area contributed by atoms with Gasteiger partial charge in [-0.1, -0.05) is 0 Å². The van der Waals surface area contributed by atoms with Crippen molar-refractivity contribution in [3.63, 3.8) is 0 Å². The lowest BCUT2D eigenvalue weighted by Crippen LogP contribution is -2.55. The van der Waals surface area contributed by atoms with E-state index in [1.165, 1.54) is 37.2 Å². The molecule has 0 aliphatic carbocycles. The van der Waals surface area contributed by atoms with Crippen LogP contribution in [-0.4, -0.2) is 72.0 Å². The van der Waals surface area contributed by atoms with Crippen LogP contribution in [0.1, 0.15) is 25.3 Å².